The molecule has 1 amide bonds. The van der Waals surface area contributed by atoms with Gasteiger partial charge in [0.05, 0.1) is 12.2 Å². The first-order valence-electron chi connectivity index (χ1n) is 14.2. The number of rotatable bonds is 9. The number of fused-ring (bicyclic) bond motifs is 1. The molecule has 4 fully saturated rings. The fourth-order valence-electron chi connectivity index (χ4n) is 6.91. The number of carbonyl (C=O) groups is 1. The first-order valence-corrected chi connectivity index (χ1v) is 14.2. The van der Waals surface area contributed by atoms with Crippen molar-refractivity contribution in [3.05, 3.63) is 64.7 Å². The fourth-order valence-corrected chi connectivity index (χ4v) is 6.91. The Morgan fingerprint density at radius 2 is 1.79 bits per heavy atom. The molecular weight excluding hydrogens is 490 g/mol. The van der Waals surface area contributed by atoms with E-state index in [-0.39, 0.29) is 23.7 Å². The van der Waals surface area contributed by atoms with E-state index in [9.17, 15) is 9.59 Å². The van der Waals surface area contributed by atoms with Gasteiger partial charge in [-0.1, -0.05) is 30.8 Å². The van der Waals surface area contributed by atoms with Crippen molar-refractivity contribution in [1.82, 2.24) is 29.3 Å². The van der Waals surface area contributed by atoms with E-state index in [4.69, 9.17) is 0 Å². The number of nitrogens with one attached hydrogen (secondary N) is 2. The Labute approximate surface area is 229 Å². The highest BCUT2D eigenvalue weighted by Crippen LogP contribution is 2.68. The number of nitrogens with zero attached hydrogens (tertiary/aromatic N) is 5. The lowest BCUT2D eigenvalue weighted by Crippen LogP contribution is -2.55. The molecule has 2 bridgehead atoms. The van der Waals surface area contributed by atoms with Gasteiger partial charge in [-0.2, -0.15) is 4.98 Å². The Morgan fingerprint density at radius 1 is 1.13 bits per heavy atom. The van der Waals surface area contributed by atoms with E-state index >= 15 is 0 Å². The molecule has 206 valence electrons. The van der Waals surface area contributed by atoms with Crippen LogP contribution in [-0.2, 0) is 4.79 Å². The summed E-state index contributed by atoms with van der Waals surface area (Å²) in [6.45, 7) is 13.0. The molecule has 1 saturated heterocycles. The molecule has 0 radical (unpaired) electrons. The van der Waals surface area contributed by atoms with Crippen LogP contribution in [0.4, 0.5) is 5.95 Å². The van der Waals surface area contributed by atoms with E-state index in [2.05, 4.69) is 62.9 Å². The molecule has 0 unspecified atom stereocenters. The maximum atomic E-state index is 12.3. The smallest absolute Gasteiger partial charge is 0.327 e. The molecule has 4 aliphatic rings. The van der Waals surface area contributed by atoms with Gasteiger partial charge in [0.25, 0.3) is 0 Å². The summed E-state index contributed by atoms with van der Waals surface area (Å²) in [7, 11) is 0. The average Bonchev–Trinajstić information content (AvgIpc) is 3.22. The zero-order valence-corrected chi connectivity index (χ0v) is 23.2. The van der Waals surface area contributed by atoms with Gasteiger partial charge in [-0.05, 0) is 75.0 Å². The Balaban J connectivity index is 1.17. The standard InChI is InChI=1S/C30H39N7O2/c1-5-26(38)36-12-10-35(11-13-36)25(17-30-14-21(15-30)16-30)23-8-6-22(7-9-23)20(4)32-28-31-18-24-27(34-28)37(19(2)3)29(39)33-24/h5-9,18-21,25H,1,10-17H2,2-4H3,(H,33,39)(H,31,32,34)/t20-,21?,25+,30?/m0/s1. The number of benzene rings is 1. The van der Waals surface area contributed by atoms with Crippen LogP contribution in [0.2, 0.25) is 0 Å². The minimum Gasteiger partial charge on any atom is -0.348 e. The van der Waals surface area contributed by atoms with Crippen LogP contribution in [0.5, 0.6) is 0 Å². The fraction of sp³-hybridized carbons (Fsp3) is 0.533. The first kappa shape index (κ1) is 25.8. The molecule has 1 aliphatic heterocycles. The second kappa shape index (κ2) is 9.93. The summed E-state index contributed by atoms with van der Waals surface area (Å²) in [5, 5.41) is 3.41. The summed E-state index contributed by atoms with van der Waals surface area (Å²) >= 11 is 0. The second-order valence-electron chi connectivity index (χ2n) is 12.1. The van der Waals surface area contributed by atoms with Gasteiger partial charge in [0, 0.05) is 38.3 Å². The third-order valence-corrected chi connectivity index (χ3v) is 9.17. The van der Waals surface area contributed by atoms with Gasteiger partial charge >= 0.3 is 5.69 Å². The van der Waals surface area contributed by atoms with Crippen molar-refractivity contribution in [2.24, 2.45) is 11.3 Å². The lowest BCUT2D eigenvalue weighted by Gasteiger charge is -2.64. The average molecular weight is 530 g/mol. The molecule has 9 nitrogen and oxygen atoms in total. The second-order valence-corrected chi connectivity index (χ2v) is 12.1. The number of anilines is 1. The van der Waals surface area contributed by atoms with Crippen molar-refractivity contribution >= 4 is 23.0 Å². The van der Waals surface area contributed by atoms with Crippen LogP contribution in [0.3, 0.4) is 0 Å². The van der Waals surface area contributed by atoms with Crippen molar-refractivity contribution in [2.75, 3.05) is 31.5 Å². The lowest BCUT2D eigenvalue weighted by atomic mass is 9.42. The maximum Gasteiger partial charge on any atom is 0.327 e. The van der Waals surface area contributed by atoms with Gasteiger partial charge in [-0.15, -0.1) is 0 Å². The zero-order valence-electron chi connectivity index (χ0n) is 23.2. The number of carbonyl (C=O) groups excluding carboxylic acids is 1. The Bertz CT molecular complexity index is 1410. The van der Waals surface area contributed by atoms with Crippen LogP contribution in [0, 0.1) is 11.3 Å². The van der Waals surface area contributed by atoms with Crippen molar-refractivity contribution < 1.29 is 4.79 Å². The third-order valence-electron chi connectivity index (χ3n) is 9.17. The molecule has 2 N–H and O–H groups in total. The van der Waals surface area contributed by atoms with Gasteiger partial charge < -0.3 is 15.2 Å². The van der Waals surface area contributed by atoms with Crippen LogP contribution in [0.15, 0.2) is 47.9 Å². The summed E-state index contributed by atoms with van der Waals surface area (Å²) in [6, 6.07) is 9.34. The van der Waals surface area contributed by atoms with Gasteiger partial charge in [-0.3, -0.25) is 14.3 Å². The topological polar surface area (TPSA) is 99.2 Å². The molecule has 3 aromatic rings. The van der Waals surface area contributed by atoms with Crippen LogP contribution in [0.1, 0.15) is 75.7 Å². The maximum absolute atomic E-state index is 12.3. The normalized spacial score (nSPS) is 24.2. The molecule has 3 saturated carbocycles. The highest BCUT2D eigenvalue weighted by atomic mass is 16.2. The minimum absolute atomic E-state index is 0.000750. The predicted molar refractivity (Wildman–Crippen MR) is 152 cm³/mol. The first-order chi connectivity index (χ1) is 18.7. The van der Waals surface area contributed by atoms with Crippen molar-refractivity contribution in [3.8, 4) is 0 Å². The number of imidazole rings is 1. The largest absolute Gasteiger partial charge is 0.348 e. The molecule has 2 aromatic heterocycles. The molecule has 7 rings (SSSR count). The zero-order chi connectivity index (χ0) is 27.3. The summed E-state index contributed by atoms with van der Waals surface area (Å²) in [6.07, 6.45) is 8.44. The molecule has 1 aromatic carbocycles. The summed E-state index contributed by atoms with van der Waals surface area (Å²) in [5.74, 6) is 1.49. The Hall–Kier alpha value is -3.46. The summed E-state index contributed by atoms with van der Waals surface area (Å²) < 4.78 is 1.65. The van der Waals surface area contributed by atoms with E-state index in [1.54, 1.807) is 10.8 Å². The van der Waals surface area contributed by atoms with Crippen molar-refractivity contribution in [1.29, 1.82) is 0 Å². The third kappa shape index (κ3) is 4.77. The van der Waals surface area contributed by atoms with E-state index in [0.29, 0.717) is 28.6 Å². The minimum atomic E-state index is -0.169. The number of H-pyrrole nitrogens is 1. The number of hydrogen-bond donors (Lipinski definition) is 2. The van der Waals surface area contributed by atoms with Crippen LogP contribution in [-0.4, -0.2) is 61.4 Å². The van der Waals surface area contributed by atoms with Crippen molar-refractivity contribution in [2.45, 2.75) is 64.6 Å². The molecule has 3 aliphatic carbocycles. The Morgan fingerprint density at radius 3 is 2.38 bits per heavy atom. The van der Waals surface area contributed by atoms with Crippen LogP contribution >= 0.6 is 0 Å². The molecule has 3 heterocycles. The van der Waals surface area contributed by atoms with Gasteiger partial charge in [0.2, 0.25) is 11.9 Å². The summed E-state index contributed by atoms with van der Waals surface area (Å²) in [5.41, 5.74) is 4.12. The number of aromatic amines is 1. The monoisotopic (exact) mass is 529 g/mol. The van der Waals surface area contributed by atoms with Gasteiger partial charge in [0.15, 0.2) is 5.65 Å². The van der Waals surface area contributed by atoms with E-state index in [1.807, 2.05) is 18.7 Å². The highest BCUT2D eigenvalue weighted by molar-refractivity contribution is 5.87. The predicted octanol–water partition coefficient (Wildman–Crippen LogP) is 4.44. The quantitative estimate of drug-likeness (QED) is 0.398. The Kier molecular flexibility index (Phi) is 6.57. The van der Waals surface area contributed by atoms with Gasteiger partial charge in [-0.25, -0.2) is 9.78 Å². The SMILES string of the molecule is C=CC(=O)N1CCN([C@H](CC23CC(C2)C3)c2ccc([C@H](C)Nc3ncc4[nH]c(=O)n(C(C)C)c4n3)cc2)CC1. The molecular formula is C30H39N7O2. The molecule has 39 heavy (non-hydrogen) atoms. The van der Waals surface area contributed by atoms with E-state index in [1.165, 1.54) is 37.3 Å². The van der Waals surface area contributed by atoms with Crippen LogP contribution < -0.4 is 11.0 Å². The van der Waals surface area contributed by atoms with Crippen molar-refractivity contribution in [3.63, 3.8) is 0 Å². The van der Waals surface area contributed by atoms with E-state index < -0.39 is 0 Å². The number of hydrogen-bond acceptors (Lipinski definition) is 6. The lowest BCUT2D eigenvalue weighted by molar-refractivity contribution is -0.134. The van der Waals surface area contributed by atoms with Gasteiger partial charge in [0.1, 0.15) is 5.52 Å². The summed E-state index contributed by atoms with van der Waals surface area (Å²) in [4.78, 5) is 40.8. The number of aromatic nitrogens is 4. The number of piperazine rings is 1. The van der Waals surface area contributed by atoms with E-state index in [0.717, 1.165) is 37.7 Å². The molecule has 2 atom stereocenters. The molecule has 9 heteroatoms. The van der Waals surface area contributed by atoms with Crippen LogP contribution in [0.25, 0.3) is 11.2 Å². The highest BCUT2D eigenvalue weighted by Gasteiger charge is 2.57. The number of amides is 1. The molecule has 0 spiro atoms.